The molecule has 5 nitrogen and oxygen atoms in total. The Kier molecular flexibility index (Phi) is 7.68. The molecular formula is C20H25ClN2O3S. The van der Waals surface area contributed by atoms with Gasteiger partial charge in [0.2, 0.25) is 15.9 Å². The predicted octanol–water partition coefficient (Wildman–Crippen LogP) is 3.63. The first-order chi connectivity index (χ1) is 12.8. The molecule has 0 fully saturated rings. The second kappa shape index (κ2) is 9.76. The van der Waals surface area contributed by atoms with E-state index in [1.54, 1.807) is 31.2 Å². The quantitative estimate of drug-likeness (QED) is 0.644. The summed E-state index contributed by atoms with van der Waals surface area (Å²) in [7, 11) is -3.65. The molecule has 0 saturated carbocycles. The highest BCUT2D eigenvalue weighted by Gasteiger charge is 2.31. The fourth-order valence-corrected chi connectivity index (χ4v) is 4.33. The molecule has 7 heteroatoms. The van der Waals surface area contributed by atoms with Gasteiger partial charge in [0.1, 0.15) is 6.04 Å². The van der Waals surface area contributed by atoms with Crippen molar-refractivity contribution in [3.8, 4) is 0 Å². The normalized spacial score (nSPS) is 12.4. The molecule has 2 aromatic carbocycles. The van der Waals surface area contributed by atoms with E-state index in [0.717, 1.165) is 23.4 Å². The monoisotopic (exact) mass is 408 g/mol. The van der Waals surface area contributed by atoms with E-state index in [4.69, 9.17) is 11.6 Å². The Morgan fingerprint density at radius 1 is 1.15 bits per heavy atom. The predicted molar refractivity (Wildman–Crippen MR) is 111 cm³/mol. The number of hydrogen-bond acceptors (Lipinski definition) is 3. The third-order valence-corrected chi connectivity index (χ3v) is 5.59. The van der Waals surface area contributed by atoms with E-state index in [0.29, 0.717) is 23.7 Å². The highest BCUT2D eigenvalue weighted by molar-refractivity contribution is 7.92. The largest absolute Gasteiger partial charge is 0.354 e. The number of carbonyl (C=O) groups excluding carboxylic acids is 1. The van der Waals surface area contributed by atoms with E-state index in [2.05, 4.69) is 5.32 Å². The number of amides is 1. The van der Waals surface area contributed by atoms with Gasteiger partial charge >= 0.3 is 0 Å². The zero-order valence-corrected chi connectivity index (χ0v) is 17.1. The highest BCUT2D eigenvalue weighted by atomic mass is 35.5. The third kappa shape index (κ3) is 6.26. The summed E-state index contributed by atoms with van der Waals surface area (Å²) in [5, 5.41) is 3.28. The van der Waals surface area contributed by atoms with Crippen molar-refractivity contribution in [2.45, 2.75) is 32.2 Å². The standard InChI is InChI=1S/C20H25ClN2O3S/c1-3-19(20(24)22-14-8-11-16-9-5-4-6-10-16)23(27(2,25)26)18-13-7-12-17(21)15-18/h4-7,9-10,12-13,15,19H,3,8,11,14H2,1-2H3,(H,22,24)/t19-/m0/s1. The van der Waals surface area contributed by atoms with Crippen LogP contribution >= 0.6 is 11.6 Å². The smallest absolute Gasteiger partial charge is 0.243 e. The zero-order chi connectivity index (χ0) is 19.9. The Morgan fingerprint density at radius 2 is 1.85 bits per heavy atom. The van der Waals surface area contributed by atoms with Gasteiger partial charge in [-0.1, -0.05) is 54.9 Å². The number of hydrogen-bond donors (Lipinski definition) is 1. The van der Waals surface area contributed by atoms with E-state index < -0.39 is 16.1 Å². The van der Waals surface area contributed by atoms with Crippen LogP contribution in [0.15, 0.2) is 54.6 Å². The fourth-order valence-electron chi connectivity index (χ4n) is 2.94. The average molecular weight is 409 g/mol. The molecular weight excluding hydrogens is 384 g/mol. The second-order valence-electron chi connectivity index (χ2n) is 6.34. The lowest BCUT2D eigenvalue weighted by atomic mass is 10.1. The molecule has 146 valence electrons. The molecule has 0 aliphatic carbocycles. The minimum absolute atomic E-state index is 0.309. The Balaban J connectivity index is 2.06. The van der Waals surface area contributed by atoms with Crippen molar-refractivity contribution in [2.24, 2.45) is 0 Å². The molecule has 0 heterocycles. The molecule has 27 heavy (non-hydrogen) atoms. The van der Waals surface area contributed by atoms with Gasteiger partial charge in [-0.25, -0.2) is 8.42 Å². The maximum atomic E-state index is 12.7. The Labute approximate surface area is 166 Å². The summed E-state index contributed by atoms with van der Waals surface area (Å²) in [6.45, 7) is 2.27. The number of carbonyl (C=O) groups is 1. The summed E-state index contributed by atoms with van der Waals surface area (Å²) in [4.78, 5) is 12.7. The molecule has 2 aromatic rings. The lowest BCUT2D eigenvalue weighted by Crippen LogP contribution is -2.49. The van der Waals surface area contributed by atoms with Crippen LogP contribution in [-0.4, -0.2) is 33.2 Å². The van der Waals surface area contributed by atoms with Gasteiger partial charge in [0, 0.05) is 11.6 Å². The van der Waals surface area contributed by atoms with Crippen LogP contribution in [0, 0.1) is 0 Å². The maximum Gasteiger partial charge on any atom is 0.243 e. The van der Waals surface area contributed by atoms with Crippen molar-refractivity contribution in [2.75, 3.05) is 17.1 Å². The number of benzene rings is 2. The van der Waals surface area contributed by atoms with E-state index in [1.807, 2.05) is 30.3 Å². The van der Waals surface area contributed by atoms with Gasteiger partial charge in [0.25, 0.3) is 0 Å². The zero-order valence-electron chi connectivity index (χ0n) is 15.6. The number of rotatable bonds is 9. The van der Waals surface area contributed by atoms with Crippen molar-refractivity contribution in [3.63, 3.8) is 0 Å². The fraction of sp³-hybridized carbons (Fsp3) is 0.350. The van der Waals surface area contributed by atoms with Crippen LogP contribution in [0.4, 0.5) is 5.69 Å². The molecule has 0 bridgehead atoms. The van der Waals surface area contributed by atoms with Gasteiger partial charge in [-0.05, 0) is 43.0 Å². The molecule has 0 aliphatic heterocycles. The van der Waals surface area contributed by atoms with Crippen molar-refractivity contribution in [1.82, 2.24) is 5.32 Å². The summed E-state index contributed by atoms with van der Waals surface area (Å²) in [6.07, 6.45) is 3.08. The SMILES string of the molecule is CC[C@@H](C(=O)NCCCc1ccccc1)N(c1cccc(Cl)c1)S(C)(=O)=O. The Hall–Kier alpha value is -2.05. The van der Waals surface area contributed by atoms with E-state index >= 15 is 0 Å². The topological polar surface area (TPSA) is 66.5 Å². The lowest BCUT2D eigenvalue weighted by molar-refractivity contribution is -0.122. The van der Waals surface area contributed by atoms with Crippen molar-refractivity contribution in [3.05, 3.63) is 65.2 Å². The van der Waals surface area contributed by atoms with Crippen molar-refractivity contribution in [1.29, 1.82) is 0 Å². The second-order valence-corrected chi connectivity index (χ2v) is 8.64. The molecule has 2 rings (SSSR count). The number of anilines is 1. The maximum absolute atomic E-state index is 12.7. The van der Waals surface area contributed by atoms with Gasteiger partial charge in [0.05, 0.1) is 11.9 Å². The van der Waals surface area contributed by atoms with Gasteiger partial charge in [-0.2, -0.15) is 0 Å². The van der Waals surface area contributed by atoms with Gasteiger partial charge in [-0.15, -0.1) is 0 Å². The minimum Gasteiger partial charge on any atom is -0.354 e. The van der Waals surface area contributed by atoms with Gasteiger partial charge < -0.3 is 5.32 Å². The lowest BCUT2D eigenvalue weighted by Gasteiger charge is -2.30. The van der Waals surface area contributed by atoms with Crippen LogP contribution in [0.3, 0.4) is 0 Å². The number of nitrogens with zero attached hydrogens (tertiary/aromatic N) is 1. The van der Waals surface area contributed by atoms with Crippen molar-refractivity contribution >= 4 is 33.2 Å². The van der Waals surface area contributed by atoms with E-state index in [1.165, 1.54) is 5.56 Å². The summed E-state index contributed by atoms with van der Waals surface area (Å²) in [6, 6.07) is 15.7. The Bertz CT molecular complexity index is 857. The first kappa shape index (κ1) is 21.3. The molecule has 1 N–H and O–H groups in total. The van der Waals surface area contributed by atoms with Crippen LogP contribution in [-0.2, 0) is 21.2 Å². The van der Waals surface area contributed by atoms with Crippen LogP contribution < -0.4 is 9.62 Å². The highest BCUT2D eigenvalue weighted by Crippen LogP contribution is 2.25. The number of aryl methyl sites for hydroxylation is 1. The molecule has 0 aliphatic rings. The summed E-state index contributed by atoms with van der Waals surface area (Å²) >= 11 is 6.01. The third-order valence-electron chi connectivity index (χ3n) is 4.18. The van der Waals surface area contributed by atoms with Gasteiger partial charge in [0.15, 0.2) is 0 Å². The Morgan fingerprint density at radius 3 is 2.44 bits per heavy atom. The average Bonchev–Trinajstić information content (AvgIpc) is 2.62. The molecule has 0 spiro atoms. The molecule has 1 amide bonds. The van der Waals surface area contributed by atoms with Gasteiger partial charge in [-0.3, -0.25) is 9.10 Å². The first-order valence-electron chi connectivity index (χ1n) is 8.89. The molecule has 0 radical (unpaired) electrons. The first-order valence-corrected chi connectivity index (χ1v) is 11.1. The molecule has 0 saturated heterocycles. The number of nitrogens with one attached hydrogen (secondary N) is 1. The van der Waals surface area contributed by atoms with E-state index in [-0.39, 0.29) is 5.91 Å². The van der Waals surface area contributed by atoms with Crippen LogP contribution in [0.25, 0.3) is 0 Å². The summed E-state index contributed by atoms with van der Waals surface area (Å²) in [5.41, 5.74) is 1.59. The van der Waals surface area contributed by atoms with Crippen LogP contribution in [0.5, 0.6) is 0 Å². The van der Waals surface area contributed by atoms with Crippen molar-refractivity contribution < 1.29 is 13.2 Å². The molecule has 0 unspecified atom stereocenters. The number of sulfonamides is 1. The molecule has 1 atom stereocenters. The number of halogens is 1. The van der Waals surface area contributed by atoms with Crippen LogP contribution in [0.1, 0.15) is 25.3 Å². The van der Waals surface area contributed by atoms with E-state index in [9.17, 15) is 13.2 Å². The summed E-state index contributed by atoms with van der Waals surface area (Å²) < 4.78 is 25.9. The minimum atomic E-state index is -3.65. The molecule has 0 aromatic heterocycles. The summed E-state index contributed by atoms with van der Waals surface area (Å²) in [5.74, 6) is -0.309. The van der Waals surface area contributed by atoms with Crippen LogP contribution in [0.2, 0.25) is 5.02 Å².